The highest BCUT2D eigenvalue weighted by molar-refractivity contribution is 8.15. The number of likely N-dealkylation sites (tertiary alicyclic amines) is 1. The van der Waals surface area contributed by atoms with Crippen molar-refractivity contribution in [2.45, 2.75) is 78.0 Å². The first-order chi connectivity index (χ1) is 13.9. The summed E-state index contributed by atoms with van der Waals surface area (Å²) >= 11 is 1.75. The van der Waals surface area contributed by atoms with E-state index in [1.54, 1.807) is 16.7 Å². The van der Waals surface area contributed by atoms with Crippen molar-refractivity contribution in [3.05, 3.63) is 35.4 Å². The molecule has 1 spiro atoms. The van der Waals surface area contributed by atoms with E-state index in [1.807, 2.05) is 20.8 Å². The molecule has 0 unspecified atom stereocenters. The first-order valence-electron chi connectivity index (χ1n) is 10.8. The molecule has 1 aromatic carbocycles. The Hall–Kier alpha value is -1.82. The molecule has 164 valence electrons. The van der Waals surface area contributed by atoms with Crippen molar-refractivity contribution in [1.82, 2.24) is 4.90 Å². The van der Waals surface area contributed by atoms with E-state index >= 15 is 0 Å². The number of piperidine rings is 1. The minimum absolute atomic E-state index is 0.126. The molecule has 0 aliphatic carbocycles. The number of hydrogen-bond acceptors (Lipinski definition) is 5. The van der Waals surface area contributed by atoms with Gasteiger partial charge in [-0.1, -0.05) is 52.0 Å². The van der Waals surface area contributed by atoms with Crippen LogP contribution in [-0.2, 0) is 10.2 Å². The fourth-order valence-electron chi connectivity index (χ4n) is 3.67. The van der Waals surface area contributed by atoms with Gasteiger partial charge in [0.05, 0.1) is 5.71 Å². The highest BCUT2D eigenvalue weighted by Gasteiger charge is 2.41. The van der Waals surface area contributed by atoms with Crippen LogP contribution in [0.4, 0.5) is 4.79 Å². The molecular formula is C24H35N3O2S. The minimum atomic E-state index is -0.479. The second-order valence-corrected chi connectivity index (χ2v) is 11.3. The van der Waals surface area contributed by atoms with E-state index in [0.717, 1.165) is 34.9 Å². The second-order valence-electron chi connectivity index (χ2n) is 10.1. The van der Waals surface area contributed by atoms with E-state index < -0.39 is 11.3 Å². The van der Waals surface area contributed by atoms with Crippen LogP contribution in [0.1, 0.15) is 72.4 Å². The predicted octanol–water partition coefficient (Wildman–Crippen LogP) is 5.67. The largest absolute Gasteiger partial charge is 0.444 e. The summed E-state index contributed by atoms with van der Waals surface area (Å²) in [5, 5.41) is 1.02. The number of carbonyl (C=O) groups is 1. The maximum Gasteiger partial charge on any atom is 0.410 e. The van der Waals surface area contributed by atoms with E-state index in [-0.39, 0.29) is 11.5 Å². The smallest absolute Gasteiger partial charge is 0.410 e. The molecule has 0 radical (unpaired) electrons. The van der Waals surface area contributed by atoms with Crippen molar-refractivity contribution in [3.63, 3.8) is 0 Å². The number of amides is 1. The third-order valence-electron chi connectivity index (χ3n) is 5.35. The Morgan fingerprint density at radius 1 is 1.07 bits per heavy atom. The topological polar surface area (TPSA) is 54.3 Å². The number of hydrogen-bond donors (Lipinski definition) is 0. The molecule has 3 rings (SSSR count). The van der Waals surface area contributed by atoms with Crippen LogP contribution in [0.25, 0.3) is 0 Å². The predicted molar refractivity (Wildman–Crippen MR) is 127 cm³/mol. The van der Waals surface area contributed by atoms with Gasteiger partial charge < -0.3 is 9.64 Å². The van der Waals surface area contributed by atoms with Gasteiger partial charge in [0.2, 0.25) is 0 Å². The van der Waals surface area contributed by atoms with Gasteiger partial charge in [-0.3, -0.25) is 4.99 Å². The molecule has 1 fully saturated rings. The maximum atomic E-state index is 12.4. The minimum Gasteiger partial charge on any atom is -0.444 e. The maximum absolute atomic E-state index is 12.4. The fourth-order valence-corrected chi connectivity index (χ4v) is 4.48. The van der Waals surface area contributed by atoms with Gasteiger partial charge in [0, 0.05) is 31.5 Å². The summed E-state index contributed by atoms with van der Waals surface area (Å²) in [6, 6.07) is 8.73. The molecule has 2 aliphatic rings. The van der Waals surface area contributed by atoms with Crippen molar-refractivity contribution >= 4 is 28.6 Å². The summed E-state index contributed by atoms with van der Waals surface area (Å²) in [6.07, 6.45) is 1.21. The summed E-state index contributed by atoms with van der Waals surface area (Å²) in [6.45, 7) is 15.7. The molecule has 30 heavy (non-hydrogen) atoms. The molecule has 0 N–H and O–H groups in total. The van der Waals surface area contributed by atoms with Crippen LogP contribution in [0, 0.1) is 0 Å². The molecule has 6 heteroatoms. The van der Waals surface area contributed by atoms with Crippen LogP contribution in [-0.4, -0.2) is 51.9 Å². The lowest BCUT2D eigenvalue weighted by molar-refractivity contribution is 0.0175. The lowest BCUT2D eigenvalue weighted by Gasteiger charge is -2.36. The Kier molecular flexibility index (Phi) is 6.38. The quantitative estimate of drug-likeness (QED) is 0.609. The van der Waals surface area contributed by atoms with Crippen molar-refractivity contribution in [1.29, 1.82) is 0 Å². The molecule has 1 amide bonds. The molecule has 0 bridgehead atoms. The van der Waals surface area contributed by atoms with Crippen molar-refractivity contribution in [3.8, 4) is 0 Å². The molecule has 1 saturated heterocycles. The van der Waals surface area contributed by atoms with E-state index in [9.17, 15) is 4.79 Å². The van der Waals surface area contributed by atoms with E-state index in [2.05, 4.69) is 52.0 Å². The highest BCUT2D eigenvalue weighted by atomic mass is 32.2. The zero-order chi connectivity index (χ0) is 22.2. The van der Waals surface area contributed by atoms with Gasteiger partial charge in [-0.25, -0.2) is 9.79 Å². The van der Waals surface area contributed by atoms with Crippen LogP contribution < -0.4 is 0 Å². The Morgan fingerprint density at radius 3 is 2.17 bits per heavy atom. The second kappa shape index (κ2) is 8.37. The van der Waals surface area contributed by atoms with Crippen LogP contribution in [0.5, 0.6) is 0 Å². The normalized spacial score (nSPS) is 19.0. The van der Waals surface area contributed by atoms with Crippen LogP contribution in [0.3, 0.4) is 0 Å². The molecule has 0 aromatic heterocycles. The van der Waals surface area contributed by atoms with Crippen molar-refractivity contribution in [2.24, 2.45) is 9.98 Å². The highest BCUT2D eigenvalue weighted by Crippen LogP contribution is 2.36. The number of benzene rings is 1. The van der Waals surface area contributed by atoms with E-state index in [4.69, 9.17) is 14.7 Å². The van der Waals surface area contributed by atoms with Crippen molar-refractivity contribution in [2.75, 3.05) is 18.8 Å². The van der Waals surface area contributed by atoms with Crippen LogP contribution >= 0.6 is 11.8 Å². The molecule has 1 aromatic rings. The zero-order valence-corrected chi connectivity index (χ0v) is 20.2. The summed E-state index contributed by atoms with van der Waals surface area (Å²) in [7, 11) is 0. The number of carbonyl (C=O) groups excluding carboxylic acids is 1. The Morgan fingerprint density at radius 2 is 1.67 bits per heavy atom. The first kappa shape index (κ1) is 22.9. The standard InChI is InChI=1S/C24H35N3O2S/c1-8-30-20-19(17-9-11-18(12-10-17)22(2,3)4)25-24(26-20)13-15-27(16-14-24)21(28)29-23(5,6)7/h9-12H,8,13-16H2,1-7H3. The van der Waals surface area contributed by atoms with Crippen LogP contribution in [0.2, 0.25) is 0 Å². The third kappa shape index (κ3) is 5.26. The van der Waals surface area contributed by atoms with Gasteiger partial charge in [0.1, 0.15) is 10.6 Å². The number of ether oxygens (including phenoxy) is 1. The number of nitrogens with zero attached hydrogens (tertiary/aromatic N) is 3. The summed E-state index contributed by atoms with van der Waals surface area (Å²) in [4.78, 5) is 24.4. The van der Waals surface area contributed by atoms with Crippen LogP contribution in [0.15, 0.2) is 34.3 Å². The Labute approximate surface area is 185 Å². The first-order valence-corrected chi connectivity index (χ1v) is 11.8. The number of rotatable bonds is 2. The Balaban J connectivity index is 1.79. The molecule has 0 saturated carbocycles. The van der Waals surface area contributed by atoms with E-state index in [1.165, 1.54) is 5.56 Å². The number of thioether (sulfide) groups is 1. The summed E-state index contributed by atoms with van der Waals surface area (Å²) in [5.41, 5.74) is 2.62. The Bertz CT molecular complexity index is 837. The van der Waals surface area contributed by atoms with Gasteiger partial charge in [-0.2, -0.15) is 0 Å². The van der Waals surface area contributed by atoms with Gasteiger partial charge in [0.15, 0.2) is 5.66 Å². The summed E-state index contributed by atoms with van der Waals surface area (Å²) in [5.74, 6) is 0.956. The average Bonchev–Trinajstić information content (AvgIpc) is 2.98. The van der Waals surface area contributed by atoms with Gasteiger partial charge in [-0.15, -0.1) is 11.8 Å². The molecule has 5 nitrogen and oxygen atoms in total. The van der Waals surface area contributed by atoms with Gasteiger partial charge in [-0.05, 0) is 37.5 Å². The molecule has 2 heterocycles. The lowest BCUT2D eigenvalue weighted by atomic mass is 9.86. The summed E-state index contributed by atoms with van der Waals surface area (Å²) < 4.78 is 5.53. The fraction of sp³-hybridized carbons (Fsp3) is 0.625. The molecule has 2 aliphatic heterocycles. The SMILES string of the molecule is CCSC1=NC2(CCN(C(=O)OC(C)(C)C)CC2)N=C1c1ccc(C(C)(C)C)cc1. The third-order valence-corrected chi connectivity index (χ3v) is 6.20. The zero-order valence-electron chi connectivity index (χ0n) is 19.4. The van der Waals surface area contributed by atoms with Gasteiger partial charge >= 0.3 is 6.09 Å². The van der Waals surface area contributed by atoms with Gasteiger partial charge in [0.25, 0.3) is 0 Å². The molecule has 0 atom stereocenters. The average molecular weight is 430 g/mol. The molecular weight excluding hydrogens is 394 g/mol. The lowest BCUT2D eigenvalue weighted by Crippen LogP contribution is -2.46. The monoisotopic (exact) mass is 429 g/mol. The van der Waals surface area contributed by atoms with Crippen molar-refractivity contribution < 1.29 is 9.53 Å². The van der Waals surface area contributed by atoms with E-state index in [0.29, 0.717) is 13.1 Å². The number of aliphatic imine (C=N–C) groups is 2.